The van der Waals surface area contributed by atoms with Crippen molar-refractivity contribution in [3.8, 4) is 0 Å². The summed E-state index contributed by atoms with van der Waals surface area (Å²) in [5.41, 5.74) is 0. The first-order chi connectivity index (χ1) is 10.3. The second kappa shape index (κ2) is 6.97. The van der Waals surface area contributed by atoms with Crippen LogP contribution in [0.2, 0.25) is 0 Å². The molecule has 0 saturated carbocycles. The van der Waals surface area contributed by atoms with Gasteiger partial charge in [0, 0.05) is 12.3 Å². The van der Waals surface area contributed by atoms with E-state index < -0.39 is 21.9 Å². The molecule has 0 spiro atoms. The first-order valence-electron chi connectivity index (χ1n) is 6.95. The van der Waals surface area contributed by atoms with Gasteiger partial charge in [-0.2, -0.15) is 4.31 Å². The zero-order valence-electron chi connectivity index (χ0n) is 12.5. The van der Waals surface area contributed by atoms with Gasteiger partial charge in [0.2, 0.25) is 15.9 Å². The van der Waals surface area contributed by atoms with Gasteiger partial charge in [-0.15, -0.1) is 11.8 Å². The van der Waals surface area contributed by atoms with Crippen molar-refractivity contribution in [1.29, 1.82) is 0 Å². The van der Waals surface area contributed by atoms with E-state index in [0.717, 1.165) is 12.1 Å². The smallest absolute Gasteiger partial charge is 0.244 e. The lowest BCUT2D eigenvalue weighted by atomic mass is 10.2. The molecule has 1 aliphatic heterocycles. The van der Waals surface area contributed by atoms with E-state index in [-0.39, 0.29) is 16.7 Å². The Morgan fingerprint density at radius 3 is 2.64 bits per heavy atom. The first kappa shape index (κ1) is 17.2. The van der Waals surface area contributed by atoms with Gasteiger partial charge in [0.05, 0.1) is 10.8 Å². The van der Waals surface area contributed by atoms with Crippen LogP contribution in [0.5, 0.6) is 0 Å². The molecule has 0 aliphatic carbocycles. The summed E-state index contributed by atoms with van der Waals surface area (Å²) in [7, 11) is -3.80. The van der Waals surface area contributed by atoms with Crippen LogP contribution in [0.15, 0.2) is 29.2 Å². The average molecular weight is 346 g/mol. The number of carbonyl (C=O) groups excluding carboxylic acids is 1. The Kier molecular flexibility index (Phi) is 5.46. The molecule has 8 heteroatoms. The van der Waals surface area contributed by atoms with Crippen molar-refractivity contribution < 1.29 is 17.6 Å². The second-order valence-corrected chi connectivity index (χ2v) is 8.39. The van der Waals surface area contributed by atoms with Crippen LogP contribution in [-0.4, -0.2) is 42.8 Å². The molecular weight excluding hydrogens is 327 g/mol. The Morgan fingerprint density at radius 2 is 2.05 bits per heavy atom. The molecule has 1 aromatic carbocycles. The molecule has 122 valence electrons. The second-order valence-electron chi connectivity index (χ2n) is 5.50. The van der Waals surface area contributed by atoms with Gasteiger partial charge in [0.1, 0.15) is 11.9 Å². The van der Waals surface area contributed by atoms with Crippen LogP contribution in [0.4, 0.5) is 4.39 Å². The number of sulfonamides is 1. The molecule has 1 fully saturated rings. The highest BCUT2D eigenvalue weighted by Gasteiger charge is 2.39. The fraction of sp³-hybridized carbons (Fsp3) is 0.500. The predicted molar refractivity (Wildman–Crippen MR) is 84.4 cm³/mol. The lowest BCUT2D eigenvalue weighted by molar-refractivity contribution is -0.123. The molecule has 1 N–H and O–H groups in total. The molecule has 1 saturated heterocycles. The van der Waals surface area contributed by atoms with Gasteiger partial charge in [-0.25, -0.2) is 12.8 Å². The van der Waals surface area contributed by atoms with Crippen molar-refractivity contribution in [2.24, 2.45) is 5.92 Å². The van der Waals surface area contributed by atoms with Crippen LogP contribution in [0.25, 0.3) is 0 Å². The third-order valence-electron chi connectivity index (χ3n) is 3.25. The number of amides is 1. The Hall–Kier alpha value is -1.12. The number of hydrogen-bond acceptors (Lipinski definition) is 4. The topological polar surface area (TPSA) is 66.5 Å². The number of nitrogens with zero attached hydrogens (tertiary/aromatic N) is 1. The van der Waals surface area contributed by atoms with Gasteiger partial charge in [-0.05, 0) is 30.2 Å². The standard InChI is InChI=1S/C14H19FN2O3S2/c1-10(2)7-16-14(18)13-8-21-9-17(13)22(19,20)12-5-3-11(15)4-6-12/h3-6,10,13H,7-9H2,1-2H3,(H,16,18). The van der Waals surface area contributed by atoms with Crippen molar-refractivity contribution >= 4 is 27.7 Å². The summed E-state index contributed by atoms with van der Waals surface area (Å²) in [6.07, 6.45) is 0. The molecule has 1 amide bonds. The third kappa shape index (κ3) is 3.80. The molecular formula is C14H19FN2O3S2. The lowest BCUT2D eigenvalue weighted by Crippen LogP contribution is -2.47. The minimum Gasteiger partial charge on any atom is -0.354 e. The van der Waals surface area contributed by atoms with Crippen molar-refractivity contribution in [3.05, 3.63) is 30.1 Å². The zero-order valence-corrected chi connectivity index (χ0v) is 14.1. The molecule has 5 nitrogen and oxygen atoms in total. The van der Waals surface area contributed by atoms with Crippen molar-refractivity contribution in [3.63, 3.8) is 0 Å². The molecule has 1 atom stereocenters. The van der Waals surface area contributed by atoms with E-state index in [4.69, 9.17) is 0 Å². The highest BCUT2D eigenvalue weighted by atomic mass is 32.2. The average Bonchev–Trinajstić information content (AvgIpc) is 2.95. The quantitative estimate of drug-likeness (QED) is 0.881. The van der Waals surface area contributed by atoms with E-state index in [2.05, 4.69) is 5.32 Å². The van der Waals surface area contributed by atoms with Crippen LogP contribution in [0, 0.1) is 11.7 Å². The summed E-state index contributed by atoms with van der Waals surface area (Å²) >= 11 is 1.39. The molecule has 1 heterocycles. The highest BCUT2D eigenvalue weighted by Crippen LogP contribution is 2.28. The van der Waals surface area contributed by atoms with Crippen LogP contribution < -0.4 is 5.32 Å². The molecule has 22 heavy (non-hydrogen) atoms. The largest absolute Gasteiger partial charge is 0.354 e. The monoisotopic (exact) mass is 346 g/mol. The summed E-state index contributed by atoms with van der Waals surface area (Å²) in [6.45, 7) is 4.44. The third-order valence-corrected chi connectivity index (χ3v) is 6.29. The molecule has 2 rings (SSSR count). The lowest BCUT2D eigenvalue weighted by Gasteiger charge is -2.23. The maximum Gasteiger partial charge on any atom is 0.244 e. The van der Waals surface area contributed by atoms with E-state index in [9.17, 15) is 17.6 Å². The van der Waals surface area contributed by atoms with Crippen molar-refractivity contribution in [1.82, 2.24) is 9.62 Å². The van der Waals surface area contributed by atoms with Gasteiger partial charge >= 0.3 is 0 Å². The fourth-order valence-corrected chi connectivity index (χ4v) is 5.18. The maximum atomic E-state index is 13.0. The molecule has 0 radical (unpaired) electrons. The molecule has 1 unspecified atom stereocenters. The fourth-order valence-electron chi connectivity index (χ4n) is 2.04. The summed E-state index contributed by atoms with van der Waals surface area (Å²) < 4.78 is 39.4. The van der Waals surface area contributed by atoms with Crippen LogP contribution in [0.1, 0.15) is 13.8 Å². The van der Waals surface area contributed by atoms with Gasteiger partial charge < -0.3 is 5.32 Å². The highest BCUT2D eigenvalue weighted by molar-refractivity contribution is 8.00. The summed E-state index contributed by atoms with van der Waals surface area (Å²) in [6, 6.07) is 3.92. The number of rotatable bonds is 5. The SMILES string of the molecule is CC(C)CNC(=O)C1CSCN1S(=O)(=O)c1ccc(F)cc1. The van der Waals surface area contributed by atoms with Gasteiger partial charge in [0.15, 0.2) is 0 Å². The number of benzene rings is 1. The van der Waals surface area contributed by atoms with E-state index in [0.29, 0.717) is 18.2 Å². The molecule has 0 aromatic heterocycles. The number of carbonyl (C=O) groups is 1. The Balaban J connectivity index is 2.18. The minimum atomic E-state index is -3.80. The van der Waals surface area contributed by atoms with Crippen LogP contribution >= 0.6 is 11.8 Å². The molecule has 0 bridgehead atoms. The normalized spacial score (nSPS) is 19.5. The first-order valence-corrected chi connectivity index (χ1v) is 9.54. The van der Waals surface area contributed by atoms with Crippen LogP contribution in [-0.2, 0) is 14.8 Å². The van der Waals surface area contributed by atoms with E-state index in [1.165, 1.54) is 28.2 Å². The summed E-state index contributed by atoms with van der Waals surface area (Å²) in [4.78, 5) is 12.2. The van der Waals surface area contributed by atoms with Gasteiger partial charge in [-0.1, -0.05) is 13.8 Å². The van der Waals surface area contributed by atoms with Gasteiger partial charge in [0.25, 0.3) is 0 Å². The zero-order chi connectivity index (χ0) is 16.3. The van der Waals surface area contributed by atoms with E-state index in [1.807, 2.05) is 13.8 Å². The molecule has 1 aromatic rings. The number of thioether (sulfide) groups is 1. The Bertz CT molecular complexity index is 632. The van der Waals surface area contributed by atoms with Crippen molar-refractivity contribution in [2.75, 3.05) is 18.2 Å². The van der Waals surface area contributed by atoms with Gasteiger partial charge in [-0.3, -0.25) is 4.79 Å². The summed E-state index contributed by atoms with van der Waals surface area (Å²) in [5, 5.41) is 2.77. The Labute approximate surface area is 134 Å². The van der Waals surface area contributed by atoms with E-state index in [1.54, 1.807) is 0 Å². The molecule has 1 aliphatic rings. The minimum absolute atomic E-state index is 0.00180. The van der Waals surface area contributed by atoms with Crippen molar-refractivity contribution in [2.45, 2.75) is 24.8 Å². The Morgan fingerprint density at radius 1 is 1.41 bits per heavy atom. The predicted octanol–water partition coefficient (Wildman–Crippen LogP) is 1.66. The van der Waals surface area contributed by atoms with E-state index >= 15 is 0 Å². The maximum absolute atomic E-state index is 13.0. The summed E-state index contributed by atoms with van der Waals surface area (Å²) in [5.74, 6) is 0.148. The van der Waals surface area contributed by atoms with Crippen LogP contribution in [0.3, 0.4) is 0 Å². The number of hydrogen-bond donors (Lipinski definition) is 1. The number of halogens is 1. The number of nitrogens with one attached hydrogen (secondary N) is 1.